The number of nitrogens with one attached hydrogen (secondary N) is 1. The van der Waals surface area contributed by atoms with Gasteiger partial charge >= 0.3 is 0 Å². The van der Waals surface area contributed by atoms with Gasteiger partial charge in [-0.05, 0) is 36.9 Å². The van der Waals surface area contributed by atoms with Crippen LogP contribution in [0.1, 0.15) is 17.3 Å². The van der Waals surface area contributed by atoms with Crippen LogP contribution in [0.5, 0.6) is 0 Å². The molecule has 0 aromatic heterocycles. The highest BCUT2D eigenvalue weighted by Gasteiger charge is 2.20. The third-order valence-corrected chi connectivity index (χ3v) is 6.36. The lowest BCUT2D eigenvalue weighted by molar-refractivity contribution is 0.102. The summed E-state index contributed by atoms with van der Waals surface area (Å²) in [5, 5.41) is 3.10. The molecule has 0 aliphatic carbocycles. The fourth-order valence-electron chi connectivity index (χ4n) is 3.26. The Bertz CT molecular complexity index is 970. The molecule has 1 heterocycles. The van der Waals surface area contributed by atoms with Gasteiger partial charge in [0, 0.05) is 32.4 Å². The minimum Gasteiger partial charge on any atom is -0.367 e. The van der Waals surface area contributed by atoms with Crippen molar-refractivity contribution in [2.75, 3.05) is 49.2 Å². The van der Waals surface area contributed by atoms with Crippen molar-refractivity contribution in [2.45, 2.75) is 11.8 Å². The molecule has 1 amide bonds. The molecule has 0 atom stereocenters. The number of piperazine rings is 1. The Morgan fingerprint density at radius 2 is 1.79 bits per heavy atom. The molecule has 0 bridgehead atoms. The number of halogens is 1. The molecule has 2 aromatic carbocycles. The molecular weight excluding hydrogens is 398 g/mol. The first kappa shape index (κ1) is 20.6. The first-order chi connectivity index (χ1) is 13.3. The van der Waals surface area contributed by atoms with E-state index < -0.39 is 15.7 Å². The largest absolute Gasteiger partial charge is 0.367 e. The van der Waals surface area contributed by atoms with Gasteiger partial charge in [0.15, 0.2) is 9.84 Å². The van der Waals surface area contributed by atoms with Crippen LogP contribution in [-0.2, 0) is 9.84 Å². The number of benzene rings is 2. The van der Waals surface area contributed by atoms with Crippen molar-refractivity contribution in [1.29, 1.82) is 0 Å². The standard InChI is InChI=1S/C20H24ClN3O3S/c1-3-23-10-12-24(13-11-23)19-7-5-4-6-18(19)22-20(25)16-14-15(28(2,26)27)8-9-17(16)21/h4-9,14H,3,10-13H2,1-2H3,(H,22,25). The Morgan fingerprint density at radius 1 is 1.11 bits per heavy atom. The SMILES string of the molecule is CCN1CCN(c2ccccc2NC(=O)c2cc(S(C)(=O)=O)ccc2Cl)CC1. The zero-order chi connectivity index (χ0) is 20.3. The Morgan fingerprint density at radius 3 is 2.43 bits per heavy atom. The quantitative estimate of drug-likeness (QED) is 0.803. The number of hydrogen-bond acceptors (Lipinski definition) is 5. The van der Waals surface area contributed by atoms with Gasteiger partial charge in [0.2, 0.25) is 0 Å². The lowest BCUT2D eigenvalue weighted by Crippen LogP contribution is -2.46. The highest BCUT2D eigenvalue weighted by Crippen LogP contribution is 2.28. The predicted molar refractivity (Wildman–Crippen MR) is 113 cm³/mol. The van der Waals surface area contributed by atoms with Crippen LogP contribution in [-0.4, -0.2) is 58.2 Å². The van der Waals surface area contributed by atoms with Gasteiger partial charge in [-0.15, -0.1) is 0 Å². The highest BCUT2D eigenvalue weighted by atomic mass is 35.5. The molecule has 3 rings (SSSR count). The molecule has 1 aliphatic rings. The van der Waals surface area contributed by atoms with Gasteiger partial charge in [0.25, 0.3) is 5.91 Å². The zero-order valence-corrected chi connectivity index (χ0v) is 17.6. The number of carbonyl (C=O) groups excluding carboxylic acids is 1. The topological polar surface area (TPSA) is 69.7 Å². The normalized spacial score (nSPS) is 15.5. The predicted octanol–water partition coefficient (Wildman–Crippen LogP) is 3.14. The second-order valence-corrected chi connectivity index (χ2v) is 9.23. The number of likely N-dealkylation sites (N-methyl/N-ethyl adjacent to an activating group) is 1. The van der Waals surface area contributed by atoms with Gasteiger partial charge in [0.1, 0.15) is 0 Å². The maximum Gasteiger partial charge on any atom is 0.257 e. The number of para-hydroxylation sites is 2. The molecule has 1 N–H and O–H groups in total. The zero-order valence-electron chi connectivity index (χ0n) is 16.0. The van der Waals surface area contributed by atoms with Crippen LogP contribution in [0.25, 0.3) is 0 Å². The van der Waals surface area contributed by atoms with Crippen molar-refractivity contribution in [1.82, 2.24) is 4.90 Å². The molecule has 1 aliphatic heterocycles. The third-order valence-electron chi connectivity index (χ3n) is 4.92. The van der Waals surface area contributed by atoms with E-state index in [0.717, 1.165) is 44.7 Å². The van der Waals surface area contributed by atoms with Crippen LogP contribution >= 0.6 is 11.6 Å². The van der Waals surface area contributed by atoms with Crippen LogP contribution in [0.2, 0.25) is 5.02 Å². The number of rotatable bonds is 5. The summed E-state index contributed by atoms with van der Waals surface area (Å²) >= 11 is 6.16. The molecule has 1 fully saturated rings. The van der Waals surface area contributed by atoms with Gasteiger partial charge < -0.3 is 15.1 Å². The van der Waals surface area contributed by atoms with E-state index in [2.05, 4.69) is 22.0 Å². The van der Waals surface area contributed by atoms with Gasteiger partial charge in [0.05, 0.1) is 26.9 Å². The average Bonchev–Trinajstić information content (AvgIpc) is 2.68. The van der Waals surface area contributed by atoms with Crippen molar-refractivity contribution in [3.63, 3.8) is 0 Å². The van der Waals surface area contributed by atoms with Crippen molar-refractivity contribution >= 4 is 38.7 Å². The number of sulfone groups is 1. The smallest absolute Gasteiger partial charge is 0.257 e. The van der Waals surface area contributed by atoms with Gasteiger partial charge in [-0.25, -0.2) is 8.42 Å². The van der Waals surface area contributed by atoms with Crippen molar-refractivity contribution in [3.8, 4) is 0 Å². The van der Waals surface area contributed by atoms with Crippen LogP contribution in [0, 0.1) is 0 Å². The minimum atomic E-state index is -3.43. The summed E-state index contributed by atoms with van der Waals surface area (Å²) in [6, 6.07) is 11.8. The molecular formula is C20H24ClN3O3S. The maximum atomic E-state index is 12.8. The number of nitrogens with zero attached hydrogens (tertiary/aromatic N) is 2. The molecule has 0 spiro atoms. The molecule has 28 heavy (non-hydrogen) atoms. The number of hydrogen-bond donors (Lipinski definition) is 1. The minimum absolute atomic E-state index is 0.0611. The van der Waals surface area contributed by atoms with Crippen molar-refractivity contribution in [3.05, 3.63) is 53.1 Å². The van der Waals surface area contributed by atoms with Gasteiger partial charge in [-0.1, -0.05) is 30.7 Å². The Hall–Kier alpha value is -2.09. The Kier molecular flexibility index (Phi) is 6.27. The molecule has 8 heteroatoms. The number of anilines is 2. The fraction of sp³-hybridized carbons (Fsp3) is 0.350. The van der Waals surface area contributed by atoms with E-state index in [4.69, 9.17) is 11.6 Å². The van der Waals surface area contributed by atoms with Crippen LogP contribution < -0.4 is 10.2 Å². The van der Waals surface area contributed by atoms with Gasteiger partial charge in [-0.3, -0.25) is 4.79 Å². The Balaban J connectivity index is 1.84. The maximum absolute atomic E-state index is 12.8. The van der Waals surface area contributed by atoms with E-state index >= 15 is 0 Å². The Labute approximate surface area is 171 Å². The molecule has 2 aromatic rings. The van der Waals surface area contributed by atoms with E-state index in [-0.39, 0.29) is 15.5 Å². The second kappa shape index (κ2) is 8.51. The number of carbonyl (C=O) groups is 1. The van der Waals surface area contributed by atoms with Crippen molar-refractivity contribution < 1.29 is 13.2 Å². The monoisotopic (exact) mass is 421 g/mol. The van der Waals surface area contributed by atoms with E-state index in [9.17, 15) is 13.2 Å². The van der Waals surface area contributed by atoms with Crippen LogP contribution in [0.4, 0.5) is 11.4 Å². The summed E-state index contributed by atoms with van der Waals surface area (Å²) in [5.41, 5.74) is 1.76. The van der Waals surface area contributed by atoms with E-state index in [0.29, 0.717) is 5.69 Å². The summed E-state index contributed by atoms with van der Waals surface area (Å²) in [7, 11) is -3.43. The summed E-state index contributed by atoms with van der Waals surface area (Å²) in [6.07, 6.45) is 1.10. The highest BCUT2D eigenvalue weighted by molar-refractivity contribution is 7.90. The first-order valence-corrected chi connectivity index (χ1v) is 11.4. The van der Waals surface area contributed by atoms with E-state index in [1.165, 1.54) is 18.2 Å². The second-order valence-electron chi connectivity index (χ2n) is 6.81. The fourth-order valence-corrected chi connectivity index (χ4v) is 4.11. The molecule has 0 unspecified atom stereocenters. The average molecular weight is 422 g/mol. The summed E-state index contributed by atoms with van der Waals surface area (Å²) < 4.78 is 23.6. The molecule has 1 saturated heterocycles. The lowest BCUT2D eigenvalue weighted by atomic mass is 10.1. The summed E-state index contributed by atoms with van der Waals surface area (Å²) in [6.45, 7) is 6.89. The molecule has 6 nitrogen and oxygen atoms in total. The van der Waals surface area contributed by atoms with E-state index in [1.54, 1.807) is 0 Å². The first-order valence-electron chi connectivity index (χ1n) is 9.17. The molecule has 150 valence electrons. The lowest BCUT2D eigenvalue weighted by Gasteiger charge is -2.36. The van der Waals surface area contributed by atoms with Crippen LogP contribution in [0.3, 0.4) is 0 Å². The summed E-state index contributed by atoms with van der Waals surface area (Å²) in [4.78, 5) is 17.5. The van der Waals surface area contributed by atoms with E-state index in [1.807, 2.05) is 24.3 Å². The van der Waals surface area contributed by atoms with Crippen LogP contribution in [0.15, 0.2) is 47.4 Å². The number of amides is 1. The van der Waals surface area contributed by atoms with Crippen molar-refractivity contribution in [2.24, 2.45) is 0 Å². The molecule has 0 saturated carbocycles. The molecule has 0 radical (unpaired) electrons. The third kappa shape index (κ3) is 4.66. The summed E-state index contributed by atoms with van der Waals surface area (Å²) in [5.74, 6) is -0.435. The van der Waals surface area contributed by atoms with Gasteiger partial charge in [-0.2, -0.15) is 0 Å².